The second-order valence-corrected chi connectivity index (χ2v) is 3.57. The van der Waals surface area contributed by atoms with Crippen LogP contribution >= 0.6 is 0 Å². The molecule has 3 heteroatoms. The molecule has 0 saturated carbocycles. The average molecular weight is 194 g/mol. The molecule has 0 radical (unpaired) electrons. The van der Waals surface area contributed by atoms with Crippen LogP contribution in [0, 0.1) is 0 Å². The van der Waals surface area contributed by atoms with Crippen LogP contribution in [0.3, 0.4) is 0 Å². The summed E-state index contributed by atoms with van der Waals surface area (Å²) in [5.74, 6) is 0. The second-order valence-electron chi connectivity index (χ2n) is 3.57. The van der Waals surface area contributed by atoms with Gasteiger partial charge in [0.15, 0.2) is 0 Å². The largest absolute Gasteiger partial charge is 0.390 e. The lowest BCUT2D eigenvalue weighted by atomic mass is 10.2. The Kier molecular flexibility index (Phi) is 4.59. The fourth-order valence-corrected chi connectivity index (χ4v) is 1.39. The summed E-state index contributed by atoms with van der Waals surface area (Å²) in [6.07, 6.45) is -0.427. The van der Waals surface area contributed by atoms with Gasteiger partial charge in [0.2, 0.25) is 0 Å². The number of rotatable bonds is 5. The van der Waals surface area contributed by atoms with E-state index in [1.165, 1.54) is 5.56 Å². The maximum absolute atomic E-state index is 9.34. The summed E-state index contributed by atoms with van der Waals surface area (Å²) in [7, 11) is 1.98. The topological polar surface area (TPSA) is 49.5 Å². The normalized spacial score (nSPS) is 13.1. The number of nitrogens with zero attached hydrogens (tertiary/aromatic N) is 1. The number of aliphatic hydroxyl groups is 1. The Labute approximate surface area is 85.2 Å². The van der Waals surface area contributed by atoms with Crippen LogP contribution in [0.1, 0.15) is 5.56 Å². The van der Waals surface area contributed by atoms with E-state index in [-0.39, 0.29) is 0 Å². The monoisotopic (exact) mass is 194 g/mol. The molecule has 0 fully saturated rings. The summed E-state index contributed by atoms with van der Waals surface area (Å²) in [6.45, 7) is 1.78. The van der Waals surface area contributed by atoms with Crippen molar-refractivity contribution in [2.24, 2.45) is 5.73 Å². The van der Waals surface area contributed by atoms with Gasteiger partial charge in [0.25, 0.3) is 0 Å². The van der Waals surface area contributed by atoms with Crippen LogP contribution in [-0.2, 0) is 6.54 Å². The Morgan fingerprint density at radius 1 is 1.36 bits per heavy atom. The Morgan fingerprint density at radius 2 is 2.00 bits per heavy atom. The minimum absolute atomic E-state index is 0.319. The standard InChI is InChI=1S/C11H18N2O/c1-13(9-11(14)7-12)8-10-5-3-2-4-6-10/h2-6,11,14H,7-9,12H2,1H3/t11-/m1/s1. The lowest BCUT2D eigenvalue weighted by Gasteiger charge is -2.19. The first-order valence-corrected chi connectivity index (χ1v) is 4.83. The van der Waals surface area contributed by atoms with E-state index in [2.05, 4.69) is 17.0 Å². The minimum atomic E-state index is -0.427. The van der Waals surface area contributed by atoms with Gasteiger partial charge in [-0.2, -0.15) is 0 Å². The molecule has 14 heavy (non-hydrogen) atoms. The van der Waals surface area contributed by atoms with E-state index in [0.29, 0.717) is 13.1 Å². The fourth-order valence-electron chi connectivity index (χ4n) is 1.39. The first kappa shape index (κ1) is 11.2. The third kappa shape index (κ3) is 3.87. The lowest BCUT2D eigenvalue weighted by Crippen LogP contribution is -2.33. The molecule has 0 aromatic heterocycles. The number of benzene rings is 1. The summed E-state index contributed by atoms with van der Waals surface area (Å²) in [4.78, 5) is 2.06. The first-order valence-electron chi connectivity index (χ1n) is 4.83. The molecule has 78 valence electrons. The van der Waals surface area contributed by atoms with Crippen molar-refractivity contribution < 1.29 is 5.11 Å². The average Bonchev–Trinajstić information content (AvgIpc) is 2.19. The summed E-state index contributed by atoms with van der Waals surface area (Å²) < 4.78 is 0. The van der Waals surface area contributed by atoms with E-state index in [1.807, 2.05) is 25.2 Å². The molecule has 1 rings (SSSR count). The lowest BCUT2D eigenvalue weighted by molar-refractivity contribution is 0.129. The van der Waals surface area contributed by atoms with Crippen LogP contribution in [0.25, 0.3) is 0 Å². The Morgan fingerprint density at radius 3 is 2.57 bits per heavy atom. The molecule has 0 aliphatic carbocycles. The van der Waals surface area contributed by atoms with Gasteiger partial charge in [-0.05, 0) is 12.6 Å². The number of hydrogen-bond acceptors (Lipinski definition) is 3. The molecule has 0 heterocycles. The predicted molar refractivity (Wildman–Crippen MR) is 57.8 cm³/mol. The zero-order valence-electron chi connectivity index (χ0n) is 8.56. The molecule has 1 aromatic rings. The third-order valence-corrected chi connectivity index (χ3v) is 2.09. The SMILES string of the molecule is CN(Cc1ccccc1)C[C@H](O)CN. The molecular formula is C11H18N2O. The van der Waals surface area contributed by atoms with Crippen molar-refractivity contribution in [2.75, 3.05) is 20.1 Å². The molecule has 1 aromatic carbocycles. The summed E-state index contributed by atoms with van der Waals surface area (Å²) >= 11 is 0. The Bertz CT molecular complexity index is 251. The highest BCUT2D eigenvalue weighted by Crippen LogP contribution is 2.02. The van der Waals surface area contributed by atoms with Gasteiger partial charge < -0.3 is 10.8 Å². The zero-order valence-corrected chi connectivity index (χ0v) is 8.56. The highest BCUT2D eigenvalue weighted by Gasteiger charge is 2.05. The molecule has 3 N–H and O–H groups in total. The second kappa shape index (κ2) is 5.75. The van der Waals surface area contributed by atoms with E-state index in [1.54, 1.807) is 0 Å². The molecule has 0 spiro atoms. The van der Waals surface area contributed by atoms with Gasteiger partial charge in [-0.15, -0.1) is 0 Å². The number of likely N-dealkylation sites (N-methyl/N-ethyl adjacent to an activating group) is 1. The minimum Gasteiger partial charge on any atom is -0.390 e. The molecule has 1 atom stereocenters. The van der Waals surface area contributed by atoms with E-state index in [0.717, 1.165) is 6.54 Å². The van der Waals surface area contributed by atoms with Crippen molar-refractivity contribution in [2.45, 2.75) is 12.6 Å². The van der Waals surface area contributed by atoms with E-state index >= 15 is 0 Å². The van der Waals surface area contributed by atoms with E-state index in [4.69, 9.17) is 5.73 Å². The quantitative estimate of drug-likeness (QED) is 0.715. The fraction of sp³-hybridized carbons (Fsp3) is 0.455. The van der Waals surface area contributed by atoms with Crippen molar-refractivity contribution in [3.05, 3.63) is 35.9 Å². The van der Waals surface area contributed by atoms with Gasteiger partial charge in [0, 0.05) is 19.6 Å². The van der Waals surface area contributed by atoms with Crippen molar-refractivity contribution in [3.63, 3.8) is 0 Å². The first-order chi connectivity index (χ1) is 6.72. The van der Waals surface area contributed by atoms with Crippen molar-refractivity contribution in [1.29, 1.82) is 0 Å². The van der Waals surface area contributed by atoms with Crippen LogP contribution in [-0.4, -0.2) is 36.2 Å². The number of hydrogen-bond donors (Lipinski definition) is 2. The highest BCUT2D eigenvalue weighted by molar-refractivity contribution is 5.14. The van der Waals surface area contributed by atoms with Crippen LogP contribution in [0.5, 0.6) is 0 Å². The highest BCUT2D eigenvalue weighted by atomic mass is 16.3. The molecule has 3 nitrogen and oxygen atoms in total. The number of aliphatic hydroxyl groups excluding tert-OH is 1. The Balaban J connectivity index is 2.37. The smallest absolute Gasteiger partial charge is 0.0789 e. The van der Waals surface area contributed by atoms with Gasteiger partial charge in [0.05, 0.1) is 6.10 Å². The summed E-state index contributed by atoms with van der Waals surface area (Å²) in [5, 5.41) is 9.34. The van der Waals surface area contributed by atoms with Gasteiger partial charge in [0.1, 0.15) is 0 Å². The van der Waals surface area contributed by atoms with Gasteiger partial charge in [-0.3, -0.25) is 4.90 Å². The summed E-state index contributed by atoms with van der Waals surface area (Å²) in [5.41, 5.74) is 6.59. The molecular weight excluding hydrogens is 176 g/mol. The Hall–Kier alpha value is -0.900. The van der Waals surface area contributed by atoms with Crippen LogP contribution in [0.4, 0.5) is 0 Å². The van der Waals surface area contributed by atoms with Crippen molar-refractivity contribution >= 4 is 0 Å². The maximum atomic E-state index is 9.34. The number of nitrogens with two attached hydrogens (primary N) is 1. The zero-order chi connectivity index (χ0) is 10.4. The van der Waals surface area contributed by atoms with Crippen molar-refractivity contribution in [1.82, 2.24) is 4.90 Å². The third-order valence-electron chi connectivity index (χ3n) is 2.09. The molecule has 0 unspecified atom stereocenters. The summed E-state index contributed by atoms with van der Waals surface area (Å²) in [6, 6.07) is 10.2. The molecule has 0 aliphatic heterocycles. The van der Waals surface area contributed by atoms with Gasteiger partial charge >= 0.3 is 0 Å². The van der Waals surface area contributed by atoms with Crippen LogP contribution in [0.15, 0.2) is 30.3 Å². The molecule has 0 amide bonds. The van der Waals surface area contributed by atoms with Crippen LogP contribution < -0.4 is 5.73 Å². The van der Waals surface area contributed by atoms with Gasteiger partial charge in [-0.25, -0.2) is 0 Å². The van der Waals surface area contributed by atoms with Gasteiger partial charge in [-0.1, -0.05) is 30.3 Å². The molecule has 0 saturated heterocycles. The van der Waals surface area contributed by atoms with Crippen molar-refractivity contribution in [3.8, 4) is 0 Å². The van der Waals surface area contributed by atoms with E-state index < -0.39 is 6.10 Å². The predicted octanol–water partition coefficient (Wildman–Crippen LogP) is 0.438. The van der Waals surface area contributed by atoms with Crippen LogP contribution in [0.2, 0.25) is 0 Å². The maximum Gasteiger partial charge on any atom is 0.0789 e. The van der Waals surface area contributed by atoms with E-state index in [9.17, 15) is 5.11 Å². The molecule has 0 bridgehead atoms. The molecule has 0 aliphatic rings.